The molecule has 2 aliphatic rings. The lowest BCUT2D eigenvalue weighted by atomic mass is 9.83. The quantitative estimate of drug-likeness (QED) is 0.755. The van der Waals surface area contributed by atoms with Gasteiger partial charge in [-0.25, -0.2) is 17.9 Å². The number of hydrogen-bond donors (Lipinski definition) is 1. The largest absolute Gasteiger partial charge is 0.453 e. The maximum Gasteiger partial charge on any atom is 0.409 e. The van der Waals surface area contributed by atoms with E-state index in [9.17, 15) is 13.2 Å². The standard InChI is InChI=1S/C21H32N2O5S/c1-27-21(24)23-14-6-9-19(22-29(2,25)26)20(23)15-28-18-12-10-17(11-13-18)16-7-4-3-5-8-16/h3-5,7-8,17-20,22H,6,9-15H2,1-2H3/t17?,18?,19-,20-/m0/s1/i1D3. The average Bonchev–Trinajstić information content (AvgIpc) is 2.71. The molecule has 1 amide bonds. The summed E-state index contributed by atoms with van der Waals surface area (Å²) >= 11 is 0. The highest BCUT2D eigenvalue weighted by Gasteiger charge is 2.37. The van der Waals surface area contributed by atoms with E-state index in [1.165, 1.54) is 10.5 Å². The Balaban J connectivity index is 1.63. The highest BCUT2D eigenvalue weighted by Crippen LogP contribution is 2.34. The third-order valence-electron chi connectivity index (χ3n) is 5.91. The highest BCUT2D eigenvalue weighted by atomic mass is 32.2. The number of nitrogens with zero attached hydrogens (tertiary/aromatic N) is 1. The van der Waals surface area contributed by atoms with E-state index in [4.69, 9.17) is 8.85 Å². The van der Waals surface area contributed by atoms with Crippen LogP contribution in [0, 0.1) is 0 Å². The summed E-state index contributed by atoms with van der Waals surface area (Å²) in [4.78, 5) is 13.8. The van der Waals surface area contributed by atoms with Crippen LogP contribution < -0.4 is 4.72 Å². The predicted molar refractivity (Wildman–Crippen MR) is 111 cm³/mol. The van der Waals surface area contributed by atoms with Crippen molar-refractivity contribution in [1.29, 1.82) is 0 Å². The van der Waals surface area contributed by atoms with Gasteiger partial charge in [0.2, 0.25) is 10.0 Å². The van der Waals surface area contributed by atoms with Gasteiger partial charge in [0, 0.05) is 12.6 Å². The van der Waals surface area contributed by atoms with Gasteiger partial charge >= 0.3 is 6.09 Å². The summed E-state index contributed by atoms with van der Waals surface area (Å²) < 4.78 is 58.6. The van der Waals surface area contributed by atoms with Gasteiger partial charge in [-0.15, -0.1) is 0 Å². The van der Waals surface area contributed by atoms with Crippen molar-refractivity contribution in [2.75, 3.05) is 26.4 Å². The molecule has 0 unspecified atom stereocenters. The monoisotopic (exact) mass is 427 g/mol. The Morgan fingerprint density at radius 1 is 1.21 bits per heavy atom. The highest BCUT2D eigenvalue weighted by molar-refractivity contribution is 7.88. The van der Waals surface area contributed by atoms with Crippen LogP contribution in [0.2, 0.25) is 0 Å². The van der Waals surface area contributed by atoms with E-state index in [-0.39, 0.29) is 19.3 Å². The Hall–Kier alpha value is -1.64. The number of ether oxygens (including phenoxy) is 2. The Morgan fingerprint density at radius 3 is 2.59 bits per heavy atom. The molecule has 7 nitrogen and oxygen atoms in total. The Bertz CT molecular complexity index is 858. The number of piperidine rings is 1. The van der Waals surface area contributed by atoms with Crippen molar-refractivity contribution >= 4 is 16.1 Å². The second-order valence-corrected chi connectivity index (χ2v) is 9.77. The van der Waals surface area contributed by atoms with E-state index in [1.807, 2.05) is 18.2 Å². The zero-order chi connectivity index (χ0) is 23.4. The van der Waals surface area contributed by atoms with Crippen LogP contribution in [-0.2, 0) is 19.5 Å². The molecule has 162 valence electrons. The molecule has 0 radical (unpaired) electrons. The first-order valence-corrected chi connectivity index (χ1v) is 12.0. The molecule has 1 aliphatic heterocycles. The first kappa shape index (κ1) is 18.2. The van der Waals surface area contributed by atoms with Gasteiger partial charge in [-0.05, 0) is 50.0 Å². The van der Waals surface area contributed by atoms with E-state index in [1.54, 1.807) is 0 Å². The van der Waals surface area contributed by atoms with Crippen LogP contribution in [0.4, 0.5) is 4.79 Å². The number of methoxy groups -OCH3 is 1. The van der Waals surface area contributed by atoms with Crippen LogP contribution in [0.25, 0.3) is 0 Å². The third kappa shape index (κ3) is 6.17. The molecule has 1 N–H and O–H groups in total. The van der Waals surface area contributed by atoms with Gasteiger partial charge in [-0.2, -0.15) is 0 Å². The van der Waals surface area contributed by atoms with Crippen LogP contribution in [0.3, 0.4) is 0 Å². The third-order valence-corrected chi connectivity index (χ3v) is 6.64. The summed E-state index contributed by atoms with van der Waals surface area (Å²) in [6, 6.07) is 9.18. The minimum absolute atomic E-state index is 0.0104. The zero-order valence-electron chi connectivity index (χ0n) is 19.7. The lowest BCUT2D eigenvalue weighted by molar-refractivity contribution is -0.0245. The number of hydrogen-bond acceptors (Lipinski definition) is 5. The van der Waals surface area contributed by atoms with E-state index in [2.05, 4.69) is 21.6 Å². The Morgan fingerprint density at radius 2 is 1.93 bits per heavy atom. The van der Waals surface area contributed by atoms with Crippen LogP contribution in [0.1, 0.15) is 54.1 Å². The number of carbonyl (C=O) groups is 1. The van der Waals surface area contributed by atoms with Crippen molar-refractivity contribution in [3.63, 3.8) is 0 Å². The smallest absolute Gasteiger partial charge is 0.409 e. The van der Waals surface area contributed by atoms with Crippen molar-refractivity contribution < 1.29 is 26.8 Å². The lowest BCUT2D eigenvalue weighted by Crippen LogP contribution is -2.59. The normalized spacial score (nSPS) is 30.1. The van der Waals surface area contributed by atoms with E-state index in [0.29, 0.717) is 18.8 Å². The average molecular weight is 428 g/mol. The van der Waals surface area contributed by atoms with E-state index < -0.39 is 35.2 Å². The van der Waals surface area contributed by atoms with Crippen LogP contribution in [0.5, 0.6) is 0 Å². The number of carbonyl (C=O) groups excluding carboxylic acids is 1. The maximum absolute atomic E-state index is 12.5. The van der Waals surface area contributed by atoms with Crippen LogP contribution in [0.15, 0.2) is 30.3 Å². The fourth-order valence-electron chi connectivity index (χ4n) is 4.48. The number of amides is 1. The predicted octanol–water partition coefficient (Wildman–Crippen LogP) is 2.88. The fraction of sp³-hybridized carbons (Fsp3) is 0.667. The van der Waals surface area contributed by atoms with Gasteiger partial charge in [0.25, 0.3) is 0 Å². The Labute approximate surface area is 178 Å². The Kier molecular flexibility index (Phi) is 6.20. The molecule has 0 bridgehead atoms. The minimum Gasteiger partial charge on any atom is -0.453 e. The first-order valence-electron chi connectivity index (χ1n) is 11.7. The molecular formula is C21H32N2O5S. The molecule has 1 aromatic carbocycles. The van der Waals surface area contributed by atoms with Crippen molar-refractivity contribution in [2.45, 2.75) is 62.6 Å². The van der Waals surface area contributed by atoms with Gasteiger partial charge < -0.3 is 14.4 Å². The molecule has 1 heterocycles. The summed E-state index contributed by atoms with van der Waals surface area (Å²) in [5.41, 5.74) is 1.33. The second kappa shape index (κ2) is 9.91. The lowest BCUT2D eigenvalue weighted by Gasteiger charge is -2.41. The maximum atomic E-state index is 12.5. The molecule has 1 aliphatic carbocycles. The molecule has 8 heteroatoms. The number of benzene rings is 1. The molecule has 1 aromatic rings. The first-order chi connectivity index (χ1) is 15.0. The van der Waals surface area contributed by atoms with Crippen LogP contribution >= 0.6 is 0 Å². The van der Waals surface area contributed by atoms with Crippen molar-refractivity contribution in [1.82, 2.24) is 9.62 Å². The van der Waals surface area contributed by atoms with Crippen molar-refractivity contribution in [3.05, 3.63) is 35.9 Å². The number of nitrogens with one attached hydrogen (secondary N) is 1. The van der Waals surface area contributed by atoms with Gasteiger partial charge in [0.15, 0.2) is 0 Å². The SMILES string of the molecule is [2H]C([2H])([2H])OC(=O)N1CCC[C@H](NS(C)(=O)=O)[C@@H]1COC1CCC(c2ccccc2)CC1. The summed E-state index contributed by atoms with van der Waals surface area (Å²) in [5.74, 6) is 0.496. The second-order valence-electron chi connectivity index (χ2n) is 7.99. The fourth-order valence-corrected chi connectivity index (χ4v) is 5.31. The van der Waals surface area contributed by atoms with E-state index in [0.717, 1.165) is 31.9 Å². The summed E-state index contributed by atoms with van der Waals surface area (Å²) in [7, 11) is -6.38. The molecule has 2 atom stereocenters. The summed E-state index contributed by atoms with van der Waals surface area (Å²) in [6.45, 7) is 0.398. The van der Waals surface area contributed by atoms with Gasteiger partial charge in [0.1, 0.15) is 0 Å². The minimum atomic E-state index is -3.52. The van der Waals surface area contributed by atoms with Crippen molar-refractivity contribution in [2.24, 2.45) is 0 Å². The van der Waals surface area contributed by atoms with E-state index >= 15 is 0 Å². The number of sulfonamides is 1. The number of likely N-dealkylation sites (tertiary alicyclic amines) is 1. The van der Waals surface area contributed by atoms with Gasteiger partial charge in [-0.3, -0.25) is 0 Å². The zero-order valence-corrected chi connectivity index (χ0v) is 17.6. The topological polar surface area (TPSA) is 84.9 Å². The van der Waals surface area contributed by atoms with Crippen molar-refractivity contribution in [3.8, 4) is 0 Å². The molecule has 2 fully saturated rings. The molecule has 1 saturated carbocycles. The summed E-state index contributed by atoms with van der Waals surface area (Å²) in [5, 5.41) is 0. The summed E-state index contributed by atoms with van der Waals surface area (Å²) in [6.07, 6.45) is 4.88. The van der Waals surface area contributed by atoms with Gasteiger partial charge in [-0.1, -0.05) is 30.3 Å². The van der Waals surface area contributed by atoms with Crippen LogP contribution in [-0.4, -0.2) is 64.0 Å². The number of rotatable bonds is 6. The molecule has 0 spiro atoms. The molecule has 1 saturated heterocycles. The van der Waals surface area contributed by atoms with Gasteiger partial charge in [0.05, 0.1) is 36.2 Å². The molecule has 29 heavy (non-hydrogen) atoms. The molecule has 3 rings (SSSR count). The molecular weight excluding hydrogens is 392 g/mol. The molecule has 0 aromatic heterocycles.